The van der Waals surface area contributed by atoms with Crippen LogP contribution in [0.2, 0.25) is 0 Å². The minimum absolute atomic E-state index is 0.242. The molecule has 1 aromatic heterocycles. The number of para-hydroxylation sites is 1. The Morgan fingerprint density at radius 1 is 1.03 bits per heavy atom. The Morgan fingerprint density at radius 2 is 1.81 bits per heavy atom. The Labute approximate surface area is 180 Å². The number of piperidine rings is 1. The fraction of sp³-hybridized carbons (Fsp3) is 0.292. The average molecular weight is 421 g/mol. The van der Waals surface area contributed by atoms with E-state index in [1.54, 1.807) is 24.3 Å². The van der Waals surface area contributed by atoms with E-state index in [2.05, 4.69) is 15.2 Å². The highest BCUT2D eigenvalue weighted by Gasteiger charge is 2.16. The van der Waals surface area contributed by atoms with Crippen molar-refractivity contribution in [2.75, 3.05) is 31.6 Å². The first kappa shape index (κ1) is 20.9. The molecule has 1 N–H and O–H groups in total. The van der Waals surface area contributed by atoms with Gasteiger partial charge in [-0.25, -0.2) is 9.18 Å². The van der Waals surface area contributed by atoms with E-state index in [0.29, 0.717) is 34.3 Å². The Kier molecular flexibility index (Phi) is 6.52. The minimum atomic E-state index is -0.554. The molecule has 6 nitrogen and oxygen atoms in total. The number of hydrogen-bond donors (Lipinski definition) is 1. The zero-order valence-electron chi connectivity index (χ0n) is 17.1. The van der Waals surface area contributed by atoms with Crippen LogP contribution in [0.3, 0.4) is 0 Å². The summed E-state index contributed by atoms with van der Waals surface area (Å²) in [6, 6.07) is 12.3. The molecule has 1 fully saturated rings. The van der Waals surface area contributed by atoms with Gasteiger partial charge in [0.1, 0.15) is 12.4 Å². The number of benzene rings is 2. The molecule has 7 heteroatoms. The van der Waals surface area contributed by atoms with Crippen LogP contribution < -0.4 is 5.32 Å². The number of nitrogens with zero attached hydrogens (tertiary/aromatic N) is 2. The van der Waals surface area contributed by atoms with Gasteiger partial charge in [0.15, 0.2) is 5.78 Å². The Morgan fingerprint density at radius 3 is 2.58 bits per heavy atom. The number of carbonyl (C=O) groups excluding carboxylic acids is 2. The molecule has 1 aliphatic rings. The topological polar surface area (TPSA) is 71.5 Å². The number of anilines is 1. The number of ketones is 1. The molecule has 0 unspecified atom stereocenters. The molecule has 0 aliphatic carbocycles. The molecule has 3 aromatic rings. The highest BCUT2D eigenvalue weighted by molar-refractivity contribution is 6.17. The molecule has 1 saturated heterocycles. The summed E-state index contributed by atoms with van der Waals surface area (Å²) in [6.45, 7) is 3.13. The first-order valence-electron chi connectivity index (χ1n) is 10.5. The van der Waals surface area contributed by atoms with E-state index < -0.39 is 11.9 Å². The number of hydrogen-bond acceptors (Lipinski definition) is 5. The lowest BCUT2D eigenvalue weighted by Gasteiger charge is -2.25. The third-order valence-electron chi connectivity index (χ3n) is 5.45. The van der Waals surface area contributed by atoms with Crippen LogP contribution in [0, 0.1) is 5.82 Å². The number of pyridine rings is 1. The van der Waals surface area contributed by atoms with Crippen molar-refractivity contribution < 1.29 is 18.7 Å². The van der Waals surface area contributed by atoms with Gasteiger partial charge in [0.2, 0.25) is 0 Å². The van der Waals surface area contributed by atoms with E-state index in [-0.39, 0.29) is 5.78 Å². The van der Waals surface area contributed by atoms with Gasteiger partial charge < -0.3 is 4.74 Å². The summed E-state index contributed by atoms with van der Waals surface area (Å²) < 4.78 is 18.5. The summed E-state index contributed by atoms with van der Waals surface area (Å²) in [5.41, 5.74) is 1.76. The van der Waals surface area contributed by atoms with Gasteiger partial charge in [-0.05, 0) is 62.3 Å². The lowest BCUT2D eigenvalue weighted by Crippen LogP contribution is -2.33. The lowest BCUT2D eigenvalue weighted by atomic mass is 9.99. The van der Waals surface area contributed by atoms with Crippen molar-refractivity contribution in [1.29, 1.82) is 0 Å². The second kappa shape index (κ2) is 9.66. The summed E-state index contributed by atoms with van der Waals surface area (Å²) in [5, 5.41) is 3.33. The Bertz CT molecular complexity index is 1080. The van der Waals surface area contributed by atoms with Crippen molar-refractivity contribution in [1.82, 2.24) is 9.88 Å². The fourth-order valence-electron chi connectivity index (χ4n) is 3.83. The molecule has 0 radical (unpaired) electrons. The summed E-state index contributed by atoms with van der Waals surface area (Å²) in [7, 11) is 0. The summed E-state index contributed by atoms with van der Waals surface area (Å²) in [4.78, 5) is 31.9. The molecular formula is C24H24FN3O3. The molecule has 0 spiro atoms. The Hall–Kier alpha value is -3.32. The number of likely N-dealkylation sites (tertiary alicyclic amines) is 1. The number of amides is 1. The monoisotopic (exact) mass is 421 g/mol. The second-order valence-electron chi connectivity index (χ2n) is 7.56. The highest BCUT2D eigenvalue weighted by Crippen LogP contribution is 2.26. The van der Waals surface area contributed by atoms with Crippen LogP contribution in [0.15, 0.2) is 54.7 Å². The van der Waals surface area contributed by atoms with Crippen LogP contribution in [0.4, 0.5) is 14.9 Å². The molecule has 4 rings (SSSR count). The maximum Gasteiger partial charge on any atom is 0.411 e. The Balaban J connectivity index is 1.47. The summed E-state index contributed by atoms with van der Waals surface area (Å²) >= 11 is 0. The molecule has 2 heterocycles. The quantitative estimate of drug-likeness (QED) is 0.587. The van der Waals surface area contributed by atoms with Gasteiger partial charge in [0, 0.05) is 29.3 Å². The molecular weight excluding hydrogens is 397 g/mol. The number of halogens is 1. The molecule has 0 atom stereocenters. The third kappa shape index (κ3) is 5.06. The van der Waals surface area contributed by atoms with Gasteiger partial charge in [-0.1, -0.05) is 18.6 Å². The van der Waals surface area contributed by atoms with Crippen LogP contribution in [-0.4, -0.2) is 48.0 Å². The lowest BCUT2D eigenvalue weighted by molar-refractivity contribution is 0.104. The molecule has 31 heavy (non-hydrogen) atoms. The smallest absolute Gasteiger partial charge is 0.411 e. The zero-order chi connectivity index (χ0) is 21.6. The standard InChI is InChI=1S/C24H24FN3O3/c25-18-9-7-17(8-10-18)23(29)20-11-12-26-22-19(20)5-4-6-21(22)27-24(30)31-16-15-28-13-2-1-3-14-28/h4-12H,1-3,13-16H2,(H,27,30). The largest absolute Gasteiger partial charge is 0.448 e. The molecule has 1 amide bonds. The maximum atomic E-state index is 13.2. The van der Waals surface area contributed by atoms with Crippen LogP contribution in [0.5, 0.6) is 0 Å². The van der Waals surface area contributed by atoms with Crippen molar-refractivity contribution in [3.05, 3.63) is 71.7 Å². The first-order valence-corrected chi connectivity index (χ1v) is 10.5. The van der Waals surface area contributed by atoms with E-state index in [1.807, 2.05) is 0 Å². The van der Waals surface area contributed by atoms with Crippen molar-refractivity contribution in [3.63, 3.8) is 0 Å². The highest BCUT2D eigenvalue weighted by atomic mass is 19.1. The second-order valence-corrected chi connectivity index (χ2v) is 7.56. The van der Waals surface area contributed by atoms with Crippen LogP contribution in [0.1, 0.15) is 35.2 Å². The number of nitrogens with one attached hydrogen (secondary N) is 1. The van der Waals surface area contributed by atoms with Crippen molar-refractivity contribution >= 4 is 28.5 Å². The van der Waals surface area contributed by atoms with E-state index in [4.69, 9.17) is 4.74 Å². The third-order valence-corrected chi connectivity index (χ3v) is 5.45. The van der Waals surface area contributed by atoms with Gasteiger partial charge in [-0.2, -0.15) is 0 Å². The molecule has 2 aromatic carbocycles. The van der Waals surface area contributed by atoms with Crippen molar-refractivity contribution in [3.8, 4) is 0 Å². The van der Waals surface area contributed by atoms with Gasteiger partial charge in [-0.15, -0.1) is 0 Å². The predicted octanol–water partition coefficient (Wildman–Crippen LogP) is 4.64. The summed E-state index contributed by atoms with van der Waals surface area (Å²) in [6.07, 6.45) is 4.60. The minimum Gasteiger partial charge on any atom is -0.448 e. The molecule has 1 aliphatic heterocycles. The zero-order valence-corrected chi connectivity index (χ0v) is 17.1. The molecule has 0 bridgehead atoms. The van der Waals surface area contributed by atoms with Crippen LogP contribution in [0.25, 0.3) is 10.9 Å². The van der Waals surface area contributed by atoms with Crippen molar-refractivity contribution in [2.24, 2.45) is 0 Å². The number of fused-ring (bicyclic) bond motifs is 1. The number of ether oxygens (including phenoxy) is 1. The van der Waals surface area contributed by atoms with Crippen LogP contribution in [-0.2, 0) is 4.74 Å². The van der Waals surface area contributed by atoms with Gasteiger partial charge >= 0.3 is 6.09 Å². The van der Waals surface area contributed by atoms with E-state index in [1.165, 1.54) is 49.7 Å². The van der Waals surface area contributed by atoms with E-state index >= 15 is 0 Å². The fourth-order valence-corrected chi connectivity index (χ4v) is 3.83. The average Bonchev–Trinajstić information content (AvgIpc) is 2.80. The first-order chi connectivity index (χ1) is 15.1. The van der Waals surface area contributed by atoms with E-state index in [9.17, 15) is 14.0 Å². The molecule has 160 valence electrons. The van der Waals surface area contributed by atoms with Gasteiger partial charge in [0.05, 0.1) is 11.2 Å². The van der Waals surface area contributed by atoms with E-state index in [0.717, 1.165) is 19.6 Å². The van der Waals surface area contributed by atoms with Gasteiger partial charge in [0.25, 0.3) is 0 Å². The van der Waals surface area contributed by atoms with Gasteiger partial charge in [-0.3, -0.25) is 20.0 Å². The number of carbonyl (C=O) groups is 2. The van der Waals surface area contributed by atoms with Crippen molar-refractivity contribution in [2.45, 2.75) is 19.3 Å². The van der Waals surface area contributed by atoms with Crippen LogP contribution >= 0.6 is 0 Å². The number of rotatable bonds is 6. The molecule has 0 saturated carbocycles. The normalized spacial score (nSPS) is 14.4. The number of aromatic nitrogens is 1. The predicted molar refractivity (Wildman–Crippen MR) is 117 cm³/mol. The maximum absolute atomic E-state index is 13.2. The SMILES string of the molecule is O=C(Nc1cccc2c(C(=O)c3ccc(F)cc3)ccnc12)OCCN1CCCCC1. The summed E-state index contributed by atoms with van der Waals surface area (Å²) in [5.74, 6) is -0.643.